The number of rotatable bonds is 6. The maximum Gasteiger partial charge on any atom is 0.437 e. The Bertz CT molecular complexity index is 1280. The Morgan fingerprint density at radius 2 is 2.15 bits per heavy atom. The zero-order valence-corrected chi connectivity index (χ0v) is 18.4. The minimum Gasteiger partial charge on any atom is -0.388 e. The van der Waals surface area contributed by atoms with Crippen LogP contribution in [0.15, 0.2) is 39.7 Å². The summed E-state index contributed by atoms with van der Waals surface area (Å²) < 4.78 is 31.1. The lowest BCUT2D eigenvalue weighted by Crippen LogP contribution is -2.39. The van der Waals surface area contributed by atoms with Crippen LogP contribution in [0.1, 0.15) is 30.1 Å². The van der Waals surface area contributed by atoms with E-state index in [2.05, 4.69) is 25.3 Å². The lowest BCUT2D eigenvalue weighted by molar-refractivity contribution is 0.0988. The fourth-order valence-corrected chi connectivity index (χ4v) is 4.43. The minimum absolute atomic E-state index is 0.0846. The number of anilines is 3. The molecule has 2 aliphatic heterocycles. The van der Waals surface area contributed by atoms with Gasteiger partial charge in [0.1, 0.15) is 17.9 Å². The van der Waals surface area contributed by atoms with Crippen LogP contribution in [-0.4, -0.2) is 57.8 Å². The molecule has 34 heavy (non-hydrogen) atoms. The maximum atomic E-state index is 13.6. The van der Waals surface area contributed by atoms with Gasteiger partial charge in [-0.1, -0.05) is 6.07 Å². The van der Waals surface area contributed by atoms with Crippen molar-refractivity contribution in [1.29, 1.82) is 0 Å². The summed E-state index contributed by atoms with van der Waals surface area (Å²) in [6.45, 7) is 3.01. The Morgan fingerprint density at radius 1 is 1.29 bits per heavy atom. The van der Waals surface area contributed by atoms with Crippen LogP contribution >= 0.6 is 0 Å². The predicted octanol–water partition coefficient (Wildman–Crippen LogP) is 2.62. The smallest absolute Gasteiger partial charge is 0.388 e. The number of aromatic nitrogens is 4. The Morgan fingerprint density at radius 3 is 2.94 bits per heavy atom. The number of nitrogens with one attached hydrogen (secondary N) is 1. The summed E-state index contributed by atoms with van der Waals surface area (Å²) in [4.78, 5) is 38.2. The SMILES string of the molecule is CCNc1ncc2c(n1)N1CCC[C@H]1CN(c1cccc(-c3nn(CC(F)F)c(=O)o3)c1)C2=O. The van der Waals surface area contributed by atoms with E-state index in [1.165, 1.54) is 0 Å². The van der Waals surface area contributed by atoms with Crippen molar-refractivity contribution < 1.29 is 18.0 Å². The van der Waals surface area contributed by atoms with Gasteiger partial charge in [-0.05, 0) is 38.0 Å². The summed E-state index contributed by atoms with van der Waals surface area (Å²) >= 11 is 0. The van der Waals surface area contributed by atoms with Gasteiger partial charge in [-0.15, -0.1) is 5.10 Å². The van der Waals surface area contributed by atoms with E-state index in [1.807, 2.05) is 6.92 Å². The van der Waals surface area contributed by atoms with Gasteiger partial charge in [0.2, 0.25) is 11.8 Å². The molecule has 1 atom stereocenters. The Balaban J connectivity index is 1.52. The molecule has 1 amide bonds. The second-order valence-corrected chi connectivity index (χ2v) is 8.16. The quantitative estimate of drug-likeness (QED) is 0.584. The normalized spacial score (nSPS) is 17.6. The summed E-state index contributed by atoms with van der Waals surface area (Å²) in [6.07, 6.45) is 0.711. The minimum atomic E-state index is -2.73. The molecule has 0 saturated carbocycles. The van der Waals surface area contributed by atoms with Gasteiger partial charge in [-0.2, -0.15) is 9.67 Å². The van der Waals surface area contributed by atoms with E-state index in [-0.39, 0.29) is 17.8 Å². The van der Waals surface area contributed by atoms with E-state index in [0.29, 0.717) is 46.4 Å². The van der Waals surface area contributed by atoms with Crippen molar-refractivity contribution in [2.24, 2.45) is 0 Å². The first-order valence-corrected chi connectivity index (χ1v) is 11.1. The van der Waals surface area contributed by atoms with Crippen LogP contribution in [0.5, 0.6) is 0 Å². The number of benzene rings is 1. The van der Waals surface area contributed by atoms with Crippen LogP contribution in [0.3, 0.4) is 0 Å². The van der Waals surface area contributed by atoms with Crippen molar-refractivity contribution in [2.75, 3.05) is 34.8 Å². The Kier molecular flexibility index (Phi) is 5.72. The van der Waals surface area contributed by atoms with Crippen LogP contribution in [0, 0.1) is 0 Å². The molecule has 0 radical (unpaired) electrons. The number of hydrogen-bond donors (Lipinski definition) is 1. The highest BCUT2D eigenvalue weighted by Gasteiger charge is 2.37. The molecular weight excluding hydrogens is 448 g/mol. The molecule has 178 valence electrons. The molecule has 2 aliphatic rings. The van der Waals surface area contributed by atoms with E-state index < -0.39 is 18.7 Å². The number of halogens is 2. The molecule has 3 aromatic rings. The van der Waals surface area contributed by atoms with Gasteiger partial charge in [0.15, 0.2) is 0 Å². The molecule has 0 unspecified atom stereocenters. The molecule has 1 aromatic carbocycles. The highest BCUT2D eigenvalue weighted by molar-refractivity contribution is 6.10. The zero-order valence-electron chi connectivity index (χ0n) is 18.4. The fraction of sp³-hybridized carbons (Fsp3) is 0.409. The molecule has 0 bridgehead atoms. The molecule has 2 aromatic heterocycles. The van der Waals surface area contributed by atoms with Crippen molar-refractivity contribution in [1.82, 2.24) is 19.7 Å². The lowest BCUT2D eigenvalue weighted by atomic mass is 10.1. The maximum absolute atomic E-state index is 13.6. The number of fused-ring (bicyclic) bond motifs is 3. The highest BCUT2D eigenvalue weighted by Crippen LogP contribution is 2.34. The van der Waals surface area contributed by atoms with Crippen LogP contribution in [0.2, 0.25) is 0 Å². The number of amides is 1. The van der Waals surface area contributed by atoms with Gasteiger partial charge in [-0.3, -0.25) is 4.79 Å². The van der Waals surface area contributed by atoms with Gasteiger partial charge in [0.05, 0.1) is 0 Å². The predicted molar refractivity (Wildman–Crippen MR) is 120 cm³/mol. The zero-order chi connectivity index (χ0) is 23.8. The van der Waals surface area contributed by atoms with Crippen molar-refractivity contribution in [3.63, 3.8) is 0 Å². The topological polar surface area (TPSA) is 109 Å². The Hall–Kier alpha value is -3.83. The van der Waals surface area contributed by atoms with E-state index in [1.54, 1.807) is 35.4 Å². The second kappa shape index (κ2) is 8.84. The lowest BCUT2D eigenvalue weighted by Gasteiger charge is -2.27. The second-order valence-electron chi connectivity index (χ2n) is 8.16. The number of carbonyl (C=O) groups is 1. The molecular formula is C22H23F2N7O3. The summed E-state index contributed by atoms with van der Waals surface area (Å²) in [6, 6.07) is 6.86. The molecule has 0 spiro atoms. The first kappa shape index (κ1) is 22.0. The summed E-state index contributed by atoms with van der Waals surface area (Å²) in [5.74, 6) is -0.195. The van der Waals surface area contributed by atoms with Crippen molar-refractivity contribution in [2.45, 2.75) is 38.8 Å². The van der Waals surface area contributed by atoms with E-state index >= 15 is 0 Å². The molecule has 1 saturated heterocycles. The fourth-order valence-electron chi connectivity index (χ4n) is 4.43. The molecule has 1 fully saturated rings. The largest absolute Gasteiger partial charge is 0.437 e. The average molecular weight is 471 g/mol. The summed E-state index contributed by atoms with van der Waals surface area (Å²) in [5, 5.41) is 6.97. The van der Waals surface area contributed by atoms with Crippen LogP contribution in [-0.2, 0) is 6.54 Å². The molecule has 0 aliphatic carbocycles. The number of nitrogens with zero attached hydrogens (tertiary/aromatic N) is 6. The average Bonchev–Trinajstić information content (AvgIpc) is 3.41. The first-order chi connectivity index (χ1) is 16.4. The molecule has 5 rings (SSSR count). The third-order valence-electron chi connectivity index (χ3n) is 5.94. The van der Waals surface area contributed by atoms with E-state index in [4.69, 9.17) is 4.42 Å². The van der Waals surface area contributed by atoms with E-state index in [0.717, 1.165) is 19.4 Å². The van der Waals surface area contributed by atoms with Gasteiger partial charge in [0.25, 0.3) is 12.3 Å². The van der Waals surface area contributed by atoms with Crippen molar-refractivity contribution in [3.8, 4) is 11.5 Å². The summed E-state index contributed by atoms with van der Waals surface area (Å²) in [7, 11) is 0. The van der Waals surface area contributed by atoms with Gasteiger partial charge in [-0.25, -0.2) is 18.6 Å². The van der Waals surface area contributed by atoms with Crippen molar-refractivity contribution >= 4 is 23.4 Å². The molecule has 12 heteroatoms. The van der Waals surface area contributed by atoms with Crippen LogP contribution < -0.4 is 20.9 Å². The molecule has 4 heterocycles. The Labute approximate surface area is 193 Å². The number of hydrogen-bond acceptors (Lipinski definition) is 8. The van der Waals surface area contributed by atoms with Gasteiger partial charge >= 0.3 is 5.76 Å². The third-order valence-corrected chi connectivity index (χ3v) is 5.94. The number of alkyl halides is 2. The number of carbonyl (C=O) groups excluding carboxylic acids is 1. The van der Waals surface area contributed by atoms with Gasteiger partial charge < -0.3 is 19.5 Å². The highest BCUT2D eigenvalue weighted by atomic mass is 19.3. The summed E-state index contributed by atoms with van der Waals surface area (Å²) in [5.41, 5.74) is 1.38. The first-order valence-electron chi connectivity index (χ1n) is 11.1. The van der Waals surface area contributed by atoms with Gasteiger partial charge in [0, 0.05) is 43.1 Å². The van der Waals surface area contributed by atoms with Crippen LogP contribution in [0.4, 0.5) is 26.2 Å². The monoisotopic (exact) mass is 471 g/mol. The molecule has 1 N–H and O–H groups in total. The third kappa shape index (κ3) is 3.99. The van der Waals surface area contributed by atoms with Crippen LogP contribution in [0.25, 0.3) is 11.5 Å². The van der Waals surface area contributed by atoms with Crippen molar-refractivity contribution in [3.05, 3.63) is 46.6 Å². The standard InChI is InChI=1S/C22H23F2N7O3/c1-2-25-21-26-10-16-18(27-21)29-8-4-7-15(29)11-30(20(16)32)14-6-3-5-13(9-14)19-28-31(12-17(23)24)22(33)34-19/h3,5-6,9-10,15,17H,2,4,7-8,11-12H2,1H3,(H,25,26,27)/t15-/m0/s1. The molecule has 10 nitrogen and oxygen atoms in total. The van der Waals surface area contributed by atoms with E-state index in [9.17, 15) is 18.4 Å².